The molecule has 0 saturated carbocycles. The van der Waals surface area contributed by atoms with Crippen LogP contribution in [0, 0.1) is 0 Å². The van der Waals surface area contributed by atoms with Gasteiger partial charge >= 0.3 is 0 Å². The molecule has 6 nitrogen and oxygen atoms in total. The minimum absolute atomic E-state index is 0.0487. The van der Waals surface area contributed by atoms with Gasteiger partial charge in [-0.25, -0.2) is 0 Å². The van der Waals surface area contributed by atoms with Crippen molar-refractivity contribution in [1.29, 1.82) is 0 Å². The van der Waals surface area contributed by atoms with Crippen LogP contribution in [0.3, 0.4) is 0 Å². The standard InChI is InChI=1S/C26H33N3O3/c30-25(13-12-20-7-2-1-3-8-20)28-21-14-16-29(17-15-21)24-11-5-4-10-23(24)26(31)27-19-22-9-6-18-32-22/h1-5,7-8,10-11,21-22H,6,9,12-19H2,(H,27,31)(H,28,30). The van der Waals surface area contributed by atoms with Crippen LogP contribution in [0.5, 0.6) is 0 Å². The fraction of sp³-hybridized carbons (Fsp3) is 0.462. The minimum atomic E-state index is -0.0487. The lowest BCUT2D eigenvalue weighted by atomic mass is 10.0. The van der Waals surface area contributed by atoms with Gasteiger partial charge in [-0.2, -0.15) is 0 Å². The highest BCUT2D eigenvalue weighted by Crippen LogP contribution is 2.24. The molecular weight excluding hydrogens is 402 g/mol. The van der Waals surface area contributed by atoms with Crippen LogP contribution in [0.4, 0.5) is 5.69 Å². The van der Waals surface area contributed by atoms with Gasteiger partial charge in [0.1, 0.15) is 0 Å². The average Bonchev–Trinajstić information content (AvgIpc) is 3.36. The molecule has 6 heteroatoms. The van der Waals surface area contributed by atoms with Crippen molar-refractivity contribution in [2.45, 2.75) is 50.7 Å². The van der Waals surface area contributed by atoms with E-state index in [9.17, 15) is 9.59 Å². The summed E-state index contributed by atoms with van der Waals surface area (Å²) in [6, 6.07) is 18.1. The number of nitrogens with one attached hydrogen (secondary N) is 2. The summed E-state index contributed by atoms with van der Waals surface area (Å²) in [5.41, 5.74) is 2.86. The smallest absolute Gasteiger partial charge is 0.253 e. The van der Waals surface area contributed by atoms with Gasteiger partial charge in [0.05, 0.1) is 11.7 Å². The average molecular weight is 436 g/mol. The van der Waals surface area contributed by atoms with Crippen molar-refractivity contribution in [2.24, 2.45) is 0 Å². The Kier molecular flexibility index (Phi) is 7.77. The number of carbonyl (C=O) groups excluding carboxylic acids is 2. The van der Waals surface area contributed by atoms with Crippen molar-refractivity contribution in [3.8, 4) is 0 Å². The second-order valence-electron chi connectivity index (χ2n) is 8.68. The van der Waals surface area contributed by atoms with E-state index in [1.807, 2.05) is 42.5 Å². The zero-order valence-corrected chi connectivity index (χ0v) is 18.6. The van der Waals surface area contributed by atoms with E-state index in [1.165, 1.54) is 5.56 Å². The molecular formula is C26H33N3O3. The van der Waals surface area contributed by atoms with E-state index in [4.69, 9.17) is 4.74 Å². The van der Waals surface area contributed by atoms with Gasteiger partial charge in [-0.3, -0.25) is 9.59 Å². The van der Waals surface area contributed by atoms with Crippen LogP contribution >= 0.6 is 0 Å². The van der Waals surface area contributed by atoms with Crippen LogP contribution < -0.4 is 15.5 Å². The highest BCUT2D eigenvalue weighted by Gasteiger charge is 2.24. The summed E-state index contributed by atoms with van der Waals surface area (Å²) < 4.78 is 5.61. The van der Waals surface area contributed by atoms with Crippen LogP contribution in [-0.4, -0.2) is 50.2 Å². The topological polar surface area (TPSA) is 70.7 Å². The third kappa shape index (κ3) is 6.10. The first kappa shape index (κ1) is 22.3. The first-order chi connectivity index (χ1) is 15.7. The van der Waals surface area contributed by atoms with Crippen molar-refractivity contribution >= 4 is 17.5 Å². The number of piperidine rings is 1. The minimum Gasteiger partial charge on any atom is -0.376 e. The zero-order valence-electron chi connectivity index (χ0n) is 18.6. The van der Waals surface area contributed by atoms with E-state index in [-0.39, 0.29) is 24.0 Å². The molecule has 2 N–H and O–H groups in total. The van der Waals surface area contributed by atoms with Crippen molar-refractivity contribution in [3.05, 3.63) is 65.7 Å². The molecule has 1 atom stereocenters. The number of ether oxygens (including phenoxy) is 1. The van der Waals surface area contributed by atoms with Gasteiger partial charge in [0.15, 0.2) is 0 Å². The van der Waals surface area contributed by atoms with Gasteiger partial charge in [0.2, 0.25) is 5.91 Å². The first-order valence-corrected chi connectivity index (χ1v) is 11.8. The van der Waals surface area contributed by atoms with E-state index >= 15 is 0 Å². The number of para-hydroxylation sites is 1. The maximum absolute atomic E-state index is 12.8. The van der Waals surface area contributed by atoms with Crippen LogP contribution in [-0.2, 0) is 16.0 Å². The molecule has 2 aromatic carbocycles. The van der Waals surface area contributed by atoms with Gasteiger partial charge in [-0.05, 0) is 49.8 Å². The molecule has 170 valence electrons. The number of carbonyl (C=O) groups is 2. The number of anilines is 1. The van der Waals surface area contributed by atoms with Gasteiger partial charge < -0.3 is 20.3 Å². The fourth-order valence-electron chi connectivity index (χ4n) is 4.52. The summed E-state index contributed by atoms with van der Waals surface area (Å²) in [5.74, 6) is 0.0636. The third-order valence-electron chi connectivity index (χ3n) is 6.35. The van der Waals surface area contributed by atoms with Gasteiger partial charge in [-0.15, -0.1) is 0 Å². The fourth-order valence-corrected chi connectivity index (χ4v) is 4.52. The Balaban J connectivity index is 1.25. The molecule has 0 bridgehead atoms. The van der Waals surface area contributed by atoms with E-state index in [1.54, 1.807) is 0 Å². The number of rotatable bonds is 8. The number of hydrogen-bond acceptors (Lipinski definition) is 4. The lowest BCUT2D eigenvalue weighted by Gasteiger charge is -2.35. The number of benzene rings is 2. The van der Waals surface area contributed by atoms with Crippen molar-refractivity contribution in [1.82, 2.24) is 10.6 Å². The lowest BCUT2D eigenvalue weighted by Crippen LogP contribution is -2.45. The van der Waals surface area contributed by atoms with Crippen LogP contribution in [0.25, 0.3) is 0 Å². The highest BCUT2D eigenvalue weighted by atomic mass is 16.5. The molecule has 0 aliphatic carbocycles. The predicted molar refractivity (Wildman–Crippen MR) is 126 cm³/mol. The molecule has 0 radical (unpaired) electrons. The Bertz CT molecular complexity index is 888. The molecule has 2 aliphatic rings. The number of hydrogen-bond donors (Lipinski definition) is 2. The Morgan fingerprint density at radius 2 is 1.72 bits per heavy atom. The summed E-state index contributed by atoms with van der Waals surface area (Å²) in [4.78, 5) is 27.4. The Labute approximate surface area is 190 Å². The molecule has 0 spiro atoms. The molecule has 2 aliphatic heterocycles. The summed E-state index contributed by atoms with van der Waals surface area (Å²) in [7, 11) is 0. The number of aryl methyl sites for hydroxylation is 1. The number of nitrogens with zero attached hydrogens (tertiary/aromatic N) is 1. The zero-order chi connectivity index (χ0) is 22.2. The van der Waals surface area contributed by atoms with Crippen LogP contribution in [0.15, 0.2) is 54.6 Å². The first-order valence-electron chi connectivity index (χ1n) is 11.8. The normalized spacial score (nSPS) is 19.0. The summed E-state index contributed by atoms with van der Waals surface area (Å²) in [6.45, 7) is 2.98. The summed E-state index contributed by atoms with van der Waals surface area (Å²) in [6.07, 6.45) is 5.23. The summed E-state index contributed by atoms with van der Waals surface area (Å²) >= 11 is 0. The SMILES string of the molecule is O=C(CCc1ccccc1)NC1CCN(c2ccccc2C(=O)NCC2CCCO2)CC1. The quantitative estimate of drug-likeness (QED) is 0.667. The van der Waals surface area contributed by atoms with Crippen molar-refractivity contribution in [3.63, 3.8) is 0 Å². The van der Waals surface area contributed by atoms with Gasteiger partial charge in [-0.1, -0.05) is 42.5 Å². The largest absolute Gasteiger partial charge is 0.376 e. The second-order valence-corrected chi connectivity index (χ2v) is 8.68. The summed E-state index contributed by atoms with van der Waals surface area (Å²) in [5, 5.41) is 6.23. The molecule has 2 aromatic rings. The van der Waals surface area contributed by atoms with Crippen molar-refractivity contribution < 1.29 is 14.3 Å². The monoisotopic (exact) mass is 435 g/mol. The molecule has 32 heavy (non-hydrogen) atoms. The molecule has 2 amide bonds. The Morgan fingerprint density at radius 3 is 2.47 bits per heavy atom. The maximum Gasteiger partial charge on any atom is 0.253 e. The molecule has 2 fully saturated rings. The maximum atomic E-state index is 12.8. The van der Waals surface area contributed by atoms with Crippen LogP contribution in [0.1, 0.15) is 48.0 Å². The molecule has 2 saturated heterocycles. The molecule has 4 rings (SSSR count). The van der Waals surface area contributed by atoms with Crippen LogP contribution in [0.2, 0.25) is 0 Å². The molecule has 0 aromatic heterocycles. The lowest BCUT2D eigenvalue weighted by molar-refractivity contribution is -0.121. The highest BCUT2D eigenvalue weighted by molar-refractivity contribution is 5.99. The predicted octanol–water partition coefficient (Wildman–Crippen LogP) is 3.31. The van der Waals surface area contributed by atoms with Gasteiger partial charge in [0, 0.05) is 44.4 Å². The van der Waals surface area contributed by atoms with E-state index in [0.717, 1.165) is 57.5 Å². The molecule has 2 heterocycles. The molecule has 1 unspecified atom stereocenters. The van der Waals surface area contributed by atoms with E-state index in [2.05, 4.69) is 27.7 Å². The Morgan fingerprint density at radius 1 is 0.969 bits per heavy atom. The number of amides is 2. The van der Waals surface area contributed by atoms with Crippen molar-refractivity contribution in [2.75, 3.05) is 31.1 Å². The van der Waals surface area contributed by atoms with E-state index in [0.29, 0.717) is 18.5 Å². The third-order valence-corrected chi connectivity index (χ3v) is 6.35. The van der Waals surface area contributed by atoms with Gasteiger partial charge in [0.25, 0.3) is 5.91 Å². The second kappa shape index (κ2) is 11.1. The van der Waals surface area contributed by atoms with E-state index < -0.39 is 0 Å². The Hall–Kier alpha value is -2.86.